The number of carbonyl (C=O) groups is 4. The van der Waals surface area contributed by atoms with Crippen LogP contribution in [0.15, 0.2) is 23.0 Å². The van der Waals surface area contributed by atoms with Gasteiger partial charge in [0, 0.05) is 50.0 Å². The number of carbonyl (C=O) groups excluding carboxylic acids is 4. The van der Waals surface area contributed by atoms with E-state index in [4.69, 9.17) is 14.2 Å². The maximum atomic E-state index is 13.9. The Morgan fingerprint density at radius 3 is 2.50 bits per heavy atom. The first kappa shape index (κ1) is 19.5. The third-order valence-electron chi connectivity index (χ3n) is 7.20. The van der Waals surface area contributed by atoms with Crippen LogP contribution >= 0.6 is 0 Å². The van der Waals surface area contributed by atoms with E-state index in [0.717, 1.165) is 0 Å². The number of hydrogen-bond donors (Lipinski definition) is 1. The largest absolute Gasteiger partial charge is 0.458 e. The summed E-state index contributed by atoms with van der Waals surface area (Å²) in [6.07, 6.45) is 1.33. The molecule has 30 heavy (non-hydrogen) atoms. The third kappa shape index (κ3) is 2.49. The van der Waals surface area contributed by atoms with Crippen molar-refractivity contribution in [2.45, 2.75) is 58.0 Å². The van der Waals surface area contributed by atoms with E-state index in [0.29, 0.717) is 5.57 Å². The Balaban J connectivity index is 1.73. The molecule has 1 N–H and O–H groups in total. The van der Waals surface area contributed by atoms with Crippen molar-refractivity contribution in [2.75, 3.05) is 0 Å². The van der Waals surface area contributed by atoms with Crippen LogP contribution in [-0.2, 0) is 33.4 Å². The molecule has 3 aliphatic carbocycles. The zero-order chi connectivity index (χ0) is 21.7. The predicted octanol–water partition coefficient (Wildman–Crippen LogP) is 1.21. The maximum absolute atomic E-state index is 13.9. The zero-order valence-electron chi connectivity index (χ0n) is 17.3. The van der Waals surface area contributed by atoms with Crippen LogP contribution in [0, 0.1) is 29.6 Å². The number of allylic oxidation sites excluding steroid dienone is 2. The average molecular weight is 416 g/mol. The Morgan fingerprint density at radius 2 is 1.83 bits per heavy atom. The van der Waals surface area contributed by atoms with E-state index < -0.39 is 59.0 Å². The van der Waals surface area contributed by atoms with Crippen LogP contribution in [0.4, 0.5) is 0 Å². The molecule has 2 aliphatic heterocycles. The summed E-state index contributed by atoms with van der Waals surface area (Å²) in [5, 5.41) is 11.0. The van der Waals surface area contributed by atoms with Gasteiger partial charge in [0.15, 0.2) is 0 Å². The molecule has 2 fully saturated rings. The fourth-order valence-corrected chi connectivity index (χ4v) is 6.10. The highest BCUT2D eigenvalue weighted by molar-refractivity contribution is 6.04. The van der Waals surface area contributed by atoms with Crippen molar-refractivity contribution in [2.24, 2.45) is 29.6 Å². The topological polar surface area (TPSA) is 116 Å². The molecular formula is C22H24O8. The summed E-state index contributed by atoms with van der Waals surface area (Å²) in [6.45, 7) is 6.17. The minimum absolute atomic E-state index is 0.103. The first-order chi connectivity index (χ1) is 13.9. The molecule has 0 unspecified atom stereocenters. The number of ether oxygens (including phenoxy) is 3. The number of esters is 2. The smallest absolute Gasteiger partial charge is 0.341 e. The van der Waals surface area contributed by atoms with Gasteiger partial charge in [0.1, 0.15) is 23.4 Å². The van der Waals surface area contributed by atoms with E-state index in [1.54, 1.807) is 26.8 Å². The number of Topliss-reactive ketones (excluding diaryl/α,β-unsaturated/α-hetero) is 2. The Labute approximate surface area is 173 Å². The fraction of sp³-hybridized carbons (Fsp3) is 0.636. The average Bonchev–Trinajstić information content (AvgIpc) is 2.95. The summed E-state index contributed by atoms with van der Waals surface area (Å²) < 4.78 is 16.7. The van der Waals surface area contributed by atoms with Gasteiger partial charge in [0.25, 0.3) is 0 Å². The monoisotopic (exact) mass is 416 g/mol. The van der Waals surface area contributed by atoms with Crippen LogP contribution in [0.5, 0.6) is 0 Å². The molecule has 7 atom stereocenters. The van der Waals surface area contributed by atoms with E-state index in [9.17, 15) is 24.3 Å². The maximum Gasteiger partial charge on any atom is 0.341 e. The molecule has 0 radical (unpaired) electrons. The molecule has 0 aromatic carbocycles. The first-order valence-corrected chi connectivity index (χ1v) is 10.3. The summed E-state index contributed by atoms with van der Waals surface area (Å²) in [5.41, 5.74) is -0.973. The molecule has 0 spiro atoms. The first-order valence-electron chi connectivity index (χ1n) is 10.3. The molecule has 0 bridgehead atoms. The van der Waals surface area contributed by atoms with Crippen molar-refractivity contribution in [3.63, 3.8) is 0 Å². The van der Waals surface area contributed by atoms with Gasteiger partial charge in [-0.15, -0.1) is 0 Å². The molecule has 0 aromatic heterocycles. The second-order valence-corrected chi connectivity index (χ2v) is 9.74. The van der Waals surface area contributed by atoms with Crippen molar-refractivity contribution < 1.29 is 38.5 Å². The van der Waals surface area contributed by atoms with E-state index >= 15 is 0 Å². The molecular weight excluding hydrogens is 392 g/mol. The van der Waals surface area contributed by atoms with Crippen LogP contribution in [0.25, 0.3) is 0 Å². The van der Waals surface area contributed by atoms with Gasteiger partial charge in [-0.05, 0) is 13.8 Å². The van der Waals surface area contributed by atoms with Gasteiger partial charge in [-0.3, -0.25) is 9.59 Å². The summed E-state index contributed by atoms with van der Waals surface area (Å²) in [7, 11) is 0. The lowest BCUT2D eigenvalue weighted by atomic mass is 9.65. The normalized spacial score (nSPS) is 43.5. The predicted molar refractivity (Wildman–Crippen MR) is 99.2 cm³/mol. The van der Waals surface area contributed by atoms with Crippen LogP contribution < -0.4 is 0 Å². The number of fused-ring (bicyclic) bond motifs is 2. The number of ketones is 2. The molecule has 1 saturated carbocycles. The van der Waals surface area contributed by atoms with Gasteiger partial charge < -0.3 is 19.3 Å². The lowest BCUT2D eigenvalue weighted by Crippen LogP contribution is -2.49. The summed E-state index contributed by atoms with van der Waals surface area (Å²) in [6, 6.07) is 0. The van der Waals surface area contributed by atoms with Crippen molar-refractivity contribution in [3.05, 3.63) is 23.0 Å². The van der Waals surface area contributed by atoms with Crippen molar-refractivity contribution in [1.29, 1.82) is 0 Å². The highest BCUT2D eigenvalue weighted by Gasteiger charge is 2.65. The molecule has 1 saturated heterocycles. The van der Waals surface area contributed by atoms with E-state index in [1.165, 1.54) is 6.92 Å². The number of aliphatic hydroxyl groups is 1. The van der Waals surface area contributed by atoms with Gasteiger partial charge in [-0.25, -0.2) is 9.59 Å². The van der Waals surface area contributed by atoms with Gasteiger partial charge in [0.05, 0.1) is 23.0 Å². The Morgan fingerprint density at radius 1 is 1.13 bits per heavy atom. The lowest BCUT2D eigenvalue weighted by Gasteiger charge is -2.43. The van der Waals surface area contributed by atoms with Gasteiger partial charge in [0.2, 0.25) is 5.79 Å². The van der Waals surface area contributed by atoms with E-state index in [-0.39, 0.29) is 35.7 Å². The standard InChI is InChI=1S/C22H24O8/c1-8(23)9-6-12-16(20(26)30-21(2,3)29-12)15-10(9)5-11-14-13(28-19(11)25)7-22(4,27)17(14)18(15)24/h5,9-10,13-15,17,27H,6-7H2,1-4H3/t9-,10-,13+,14+,15-,17-,22-/m1/s1. The Bertz CT molecular complexity index is 968. The third-order valence-corrected chi connectivity index (χ3v) is 7.20. The Kier molecular flexibility index (Phi) is 3.77. The molecule has 8 nitrogen and oxygen atoms in total. The minimum Gasteiger partial charge on any atom is -0.458 e. The van der Waals surface area contributed by atoms with Crippen molar-refractivity contribution in [1.82, 2.24) is 0 Å². The molecule has 2 heterocycles. The molecule has 5 aliphatic rings. The van der Waals surface area contributed by atoms with Crippen LogP contribution in [0.2, 0.25) is 0 Å². The molecule has 0 aromatic rings. The highest BCUT2D eigenvalue weighted by Crippen LogP contribution is 2.57. The Hall–Kier alpha value is -2.48. The van der Waals surface area contributed by atoms with Crippen molar-refractivity contribution in [3.8, 4) is 0 Å². The van der Waals surface area contributed by atoms with Gasteiger partial charge in [-0.2, -0.15) is 0 Å². The van der Waals surface area contributed by atoms with Gasteiger partial charge in [-0.1, -0.05) is 6.08 Å². The number of rotatable bonds is 1. The number of cyclic esters (lactones) is 1. The van der Waals surface area contributed by atoms with Crippen LogP contribution in [0.3, 0.4) is 0 Å². The van der Waals surface area contributed by atoms with Crippen LogP contribution in [-0.4, -0.2) is 46.1 Å². The SMILES string of the molecule is CC(=O)[C@H]1CC2=C(C(=O)OC(C)(C)O2)[C@@H]2C(=O)[C@H]3[C@H]4C(=C[C@@H]21)C(=O)O[C@H]4C[C@@]3(C)O. The molecule has 8 heteroatoms. The van der Waals surface area contributed by atoms with E-state index in [1.807, 2.05) is 0 Å². The number of hydrogen-bond acceptors (Lipinski definition) is 8. The van der Waals surface area contributed by atoms with Crippen LogP contribution in [0.1, 0.15) is 40.5 Å². The molecule has 160 valence electrons. The van der Waals surface area contributed by atoms with E-state index in [2.05, 4.69) is 0 Å². The second-order valence-electron chi connectivity index (χ2n) is 9.74. The zero-order valence-corrected chi connectivity index (χ0v) is 17.3. The summed E-state index contributed by atoms with van der Waals surface area (Å²) in [5.74, 6) is -6.50. The minimum atomic E-state index is -1.40. The summed E-state index contributed by atoms with van der Waals surface area (Å²) >= 11 is 0. The van der Waals surface area contributed by atoms with Gasteiger partial charge >= 0.3 is 11.9 Å². The molecule has 0 amide bonds. The summed E-state index contributed by atoms with van der Waals surface area (Å²) in [4.78, 5) is 51.9. The second kappa shape index (κ2) is 5.81. The highest BCUT2D eigenvalue weighted by atomic mass is 16.7. The van der Waals surface area contributed by atoms with Crippen molar-refractivity contribution >= 4 is 23.5 Å². The fourth-order valence-electron chi connectivity index (χ4n) is 6.10. The molecule has 5 rings (SSSR count). The quantitative estimate of drug-likeness (QED) is 0.634. The lowest BCUT2D eigenvalue weighted by molar-refractivity contribution is -0.213.